The molecule has 0 aromatic heterocycles. The van der Waals surface area contributed by atoms with Crippen molar-refractivity contribution in [3.8, 4) is 0 Å². The monoisotopic (exact) mass is 194 g/mol. The topological polar surface area (TPSA) is 42.0 Å². The molecule has 0 bridgehead atoms. The molecule has 14 heavy (non-hydrogen) atoms. The Morgan fingerprint density at radius 2 is 2.14 bits per heavy atom. The number of aliphatic hydroxyl groups excluding tert-OH is 1. The van der Waals surface area contributed by atoms with Crippen LogP contribution in [0.3, 0.4) is 0 Å². The van der Waals surface area contributed by atoms with Crippen LogP contribution in [0.2, 0.25) is 0 Å². The molecular weight excluding hydrogens is 180 g/mol. The number of ether oxygens (including phenoxy) is 2. The molecule has 3 heteroatoms. The van der Waals surface area contributed by atoms with Gasteiger partial charge in [0.2, 0.25) is 0 Å². The molecule has 2 atom stereocenters. The average Bonchev–Trinajstić information content (AvgIpc) is 3.02. The minimum Gasteiger partial charge on any atom is -0.388 e. The minimum absolute atomic E-state index is 0.00535. The summed E-state index contributed by atoms with van der Waals surface area (Å²) < 4.78 is 10.3. The van der Waals surface area contributed by atoms with E-state index in [-0.39, 0.29) is 6.10 Å². The van der Waals surface area contributed by atoms with Crippen LogP contribution in [-0.4, -0.2) is 30.5 Å². The van der Waals surface area contributed by atoms with Gasteiger partial charge in [-0.2, -0.15) is 0 Å². The van der Waals surface area contributed by atoms with Gasteiger partial charge in [0.25, 0.3) is 0 Å². The fourth-order valence-electron chi connectivity index (χ4n) is 1.26. The summed E-state index contributed by atoms with van der Waals surface area (Å²) in [6, 6.07) is 9.91. The van der Waals surface area contributed by atoms with E-state index >= 15 is 0 Å². The fourth-order valence-corrected chi connectivity index (χ4v) is 1.26. The summed E-state index contributed by atoms with van der Waals surface area (Å²) in [5.41, 5.74) is 1.12. The second kappa shape index (κ2) is 4.55. The lowest BCUT2D eigenvalue weighted by Gasteiger charge is -2.08. The smallest absolute Gasteiger partial charge is 0.109 e. The van der Waals surface area contributed by atoms with E-state index in [1.807, 2.05) is 30.3 Å². The van der Waals surface area contributed by atoms with E-state index in [1.165, 1.54) is 0 Å². The first-order chi connectivity index (χ1) is 6.86. The van der Waals surface area contributed by atoms with Crippen LogP contribution in [0.1, 0.15) is 5.56 Å². The second-order valence-corrected chi connectivity index (χ2v) is 3.44. The summed E-state index contributed by atoms with van der Waals surface area (Å²) in [5.74, 6) is 0. The van der Waals surface area contributed by atoms with E-state index in [1.54, 1.807) is 0 Å². The van der Waals surface area contributed by atoms with E-state index in [4.69, 9.17) is 9.47 Å². The third-order valence-electron chi connectivity index (χ3n) is 2.19. The van der Waals surface area contributed by atoms with Crippen molar-refractivity contribution in [2.24, 2.45) is 0 Å². The molecule has 0 saturated carbocycles. The van der Waals surface area contributed by atoms with Crippen molar-refractivity contribution in [3.63, 3.8) is 0 Å². The van der Waals surface area contributed by atoms with E-state index in [0.29, 0.717) is 19.8 Å². The zero-order valence-electron chi connectivity index (χ0n) is 7.93. The van der Waals surface area contributed by atoms with Crippen molar-refractivity contribution in [1.82, 2.24) is 0 Å². The number of benzene rings is 1. The fraction of sp³-hybridized carbons (Fsp3) is 0.455. The van der Waals surface area contributed by atoms with Crippen molar-refractivity contribution in [2.75, 3.05) is 13.2 Å². The Hall–Kier alpha value is -0.900. The quantitative estimate of drug-likeness (QED) is 0.710. The summed E-state index contributed by atoms with van der Waals surface area (Å²) in [6.45, 7) is 1.56. The molecule has 1 saturated heterocycles. The zero-order valence-corrected chi connectivity index (χ0v) is 7.93. The van der Waals surface area contributed by atoms with Crippen LogP contribution in [0.5, 0.6) is 0 Å². The Kier molecular flexibility index (Phi) is 3.14. The van der Waals surface area contributed by atoms with Crippen molar-refractivity contribution >= 4 is 0 Å². The third-order valence-corrected chi connectivity index (χ3v) is 2.19. The Labute approximate surface area is 83.3 Å². The van der Waals surface area contributed by atoms with Crippen molar-refractivity contribution in [2.45, 2.75) is 18.8 Å². The molecule has 3 nitrogen and oxygen atoms in total. The van der Waals surface area contributed by atoms with E-state index in [2.05, 4.69) is 0 Å². The molecule has 1 aliphatic rings. The van der Waals surface area contributed by atoms with Gasteiger partial charge in [0.15, 0.2) is 0 Å². The molecule has 0 radical (unpaired) electrons. The Morgan fingerprint density at radius 3 is 2.79 bits per heavy atom. The zero-order chi connectivity index (χ0) is 9.80. The average molecular weight is 194 g/mol. The SMILES string of the molecule is O[C@H](COCc1ccccc1)[C@@H]1CO1. The number of hydrogen-bond acceptors (Lipinski definition) is 3. The lowest BCUT2D eigenvalue weighted by molar-refractivity contribution is 0.0148. The summed E-state index contributed by atoms with van der Waals surface area (Å²) in [6.07, 6.45) is -0.468. The van der Waals surface area contributed by atoms with Gasteiger partial charge >= 0.3 is 0 Å². The van der Waals surface area contributed by atoms with Crippen molar-refractivity contribution in [1.29, 1.82) is 0 Å². The maximum absolute atomic E-state index is 9.42. The van der Waals surface area contributed by atoms with Crippen LogP contribution in [0.25, 0.3) is 0 Å². The number of aliphatic hydroxyl groups is 1. The van der Waals surface area contributed by atoms with Crippen molar-refractivity contribution < 1.29 is 14.6 Å². The maximum atomic E-state index is 9.42. The Bertz CT molecular complexity index is 269. The van der Waals surface area contributed by atoms with Gasteiger partial charge in [-0.05, 0) is 5.56 Å². The highest BCUT2D eigenvalue weighted by Gasteiger charge is 2.31. The highest BCUT2D eigenvalue weighted by atomic mass is 16.6. The van der Waals surface area contributed by atoms with E-state index in [9.17, 15) is 5.11 Å². The van der Waals surface area contributed by atoms with Gasteiger partial charge in [0, 0.05) is 0 Å². The molecule has 1 aromatic rings. The van der Waals surface area contributed by atoms with Gasteiger partial charge in [-0.15, -0.1) is 0 Å². The molecule has 2 rings (SSSR count). The number of hydrogen-bond donors (Lipinski definition) is 1. The molecule has 0 spiro atoms. The Morgan fingerprint density at radius 1 is 1.43 bits per heavy atom. The molecular formula is C11H14O3. The van der Waals surface area contributed by atoms with Gasteiger partial charge in [0.1, 0.15) is 12.2 Å². The summed E-state index contributed by atoms with van der Waals surface area (Å²) in [4.78, 5) is 0. The molecule has 0 amide bonds. The van der Waals surface area contributed by atoms with Crippen LogP contribution in [0.4, 0.5) is 0 Å². The first kappa shape index (κ1) is 9.65. The predicted octanol–water partition coefficient (Wildman–Crippen LogP) is 0.963. The number of epoxide rings is 1. The van der Waals surface area contributed by atoms with E-state index in [0.717, 1.165) is 5.56 Å². The van der Waals surface area contributed by atoms with Gasteiger partial charge < -0.3 is 14.6 Å². The highest BCUT2D eigenvalue weighted by molar-refractivity contribution is 5.13. The first-order valence-electron chi connectivity index (χ1n) is 4.77. The summed E-state index contributed by atoms with van der Waals surface area (Å²) in [7, 11) is 0. The Balaban J connectivity index is 1.67. The van der Waals surface area contributed by atoms with Crippen LogP contribution in [0.15, 0.2) is 30.3 Å². The van der Waals surface area contributed by atoms with Crippen LogP contribution in [0, 0.1) is 0 Å². The van der Waals surface area contributed by atoms with Crippen molar-refractivity contribution in [3.05, 3.63) is 35.9 Å². The van der Waals surface area contributed by atoms with Crippen LogP contribution < -0.4 is 0 Å². The largest absolute Gasteiger partial charge is 0.388 e. The van der Waals surface area contributed by atoms with Gasteiger partial charge in [0.05, 0.1) is 19.8 Å². The molecule has 1 aromatic carbocycles. The van der Waals surface area contributed by atoms with Gasteiger partial charge in [-0.1, -0.05) is 30.3 Å². The first-order valence-corrected chi connectivity index (χ1v) is 4.77. The summed E-state index contributed by atoms with van der Waals surface area (Å²) >= 11 is 0. The molecule has 1 N–H and O–H groups in total. The maximum Gasteiger partial charge on any atom is 0.109 e. The second-order valence-electron chi connectivity index (χ2n) is 3.44. The molecule has 1 heterocycles. The molecule has 0 aliphatic carbocycles. The minimum atomic E-state index is -0.473. The van der Waals surface area contributed by atoms with E-state index < -0.39 is 6.10 Å². The standard InChI is InChI=1S/C11H14O3/c12-10(11-8-14-11)7-13-6-9-4-2-1-3-5-9/h1-5,10-12H,6-8H2/t10-,11+/m1/s1. The van der Waals surface area contributed by atoms with Crippen LogP contribution in [-0.2, 0) is 16.1 Å². The lowest BCUT2D eigenvalue weighted by Crippen LogP contribution is -2.21. The predicted molar refractivity (Wildman–Crippen MR) is 51.8 cm³/mol. The third kappa shape index (κ3) is 2.80. The van der Waals surface area contributed by atoms with Gasteiger partial charge in [-0.25, -0.2) is 0 Å². The molecule has 76 valence electrons. The normalized spacial score (nSPS) is 21.9. The van der Waals surface area contributed by atoms with Gasteiger partial charge in [-0.3, -0.25) is 0 Å². The summed E-state index contributed by atoms with van der Waals surface area (Å²) in [5, 5.41) is 9.42. The number of rotatable bonds is 5. The lowest BCUT2D eigenvalue weighted by atomic mass is 10.2. The molecule has 1 fully saturated rings. The molecule has 1 aliphatic heterocycles. The van der Waals surface area contributed by atoms with Crippen LogP contribution >= 0.6 is 0 Å². The highest BCUT2D eigenvalue weighted by Crippen LogP contribution is 2.14. The molecule has 0 unspecified atom stereocenters.